The highest BCUT2D eigenvalue weighted by Crippen LogP contribution is 2.33. The molecule has 3 nitrogen and oxygen atoms in total. The lowest BCUT2D eigenvalue weighted by Crippen LogP contribution is -2.05. The van der Waals surface area contributed by atoms with Gasteiger partial charge in [0.1, 0.15) is 17.7 Å². The van der Waals surface area contributed by atoms with E-state index in [0.29, 0.717) is 28.1 Å². The van der Waals surface area contributed by atoms with Gasteiger partial charge < -0.3 is 15.6 Å². The average Bonchev–Trinajstić information content (AvgIpc) is 2.41. The van der Waals surface area contributed by atoms with Gasteiger partial charge in [0.25, 0.3) is 0 Å². The maximum atomic E-state index is 13.2. The zero-order valence-electron chi connectivity index (χ0n) is 10.9. The van der Waals surface area contributed by atoms with E-state index in [-0.39, 0.29) is 5.82 Å². The van der Waals surface area contributed by atoms with E-state index in [1.54, 1.807) is 37.3 Å². The van der Waals surface area contributed by atoms with Crippen molar-refractivity contribution in [1.29, 1.82) is 0 Å². The summed E-state index contributed by atoms with van der Waals surface area (Å²) in [5.74, 6) is 0.213. The molecule has 2 aromatic rings. The first-order valence-electron chi connectivity index (χ1n) is 5.91. The molecule has 4 heteroatoms. The summed E-state index contributed by atoms with van der Waals surface area (Å²) < 4.78 is 18.4. The Morgan fingerprint density at radius 1 is 1.26 bits per heavy atom. The van der Waals surface area contributed by atoms with Gasteiger partial charge >= 0.3 is 0 Å². The molecular formula is C15H16FNO2. The van der Waals surface area contributed by atoms with Crippen molar-refractivity contribution in [3.05, 3.63) is 58.9 Å². The van der Waals surface area contributed by atoms with Crippen LogP contribution in [0.15, 0.2) is 36.4 Å². The fourth-order valence-electron chi connectivity index (χ4n) is 1.99. The number of rotatable bonds is 3. The molecule has 0 saturated heterocycles. The summed E-state index contributed by atoms with van der Waals surface area (Å²) in [5.41, 5.74) is 7.96. The second-order valence-corrected chi connectivity index (χ2v) is 4.37. The minimum absolute atomic E-state index is 0.297. The normalized spacial score (nSPS) is 12.2. The van der Waals surface area contributed by atoms with Crippen LogP contribution in [0.25, 0.3) is 0 Å². The van der Waals surface area contributed by atoms with Crippen LogP contribution in [0.3, 0.4) is 0 Å². The molecule has 0 aliphatic carbocycles. The predicted octanol–water partition coefficient (Wildman–Crippen LogP) is 2.81. The van der Waals surface area contributed by atoms with Gasteiger partial charge in [0.2, 0.25) is 0 Å². The van der Waals surface area contributed by atoms with Crippen molar-refractivity contribution >= 4 is 5.69 Å². The first kappa shape index (κ1) is 13.4. The number of hydrogen-bond acceptors (Lipinski definition) is 3. The van der Waals surface area contributed by atoms with Crippen molar-refractivity contribution in [2.24, 2.45) is 0 Å². The van der Waals surface area contributed by atoms with Crippen LogP contribution in [0.4, 0.5) is 10.1 Å². The Hall–Kier alpha value is -2.07. The minimum Gasteiger partial charge on any atom is -0.495 e. The lowest BCUT2D eigenvalue weighted by atomic mass is 9.98. The molecule has 0 bridgehead atoms. The highest BCUT2D eigenvalue weighted by Gasteiger charge is 2.16. The summed E-state index contributed by atoms with van der Waals surface area (Å²) in [4.78, 5) is 0. The fraction of sp³-hybridized carbons (Fsp3) is 0.200. The molecule has 0 amide bonds. The number of nitrogens with two attached hydrogens (primary N) is 1. The van der Waals surface area contributed by atoms with E-state index in [2.05, 4.69) is 0 Å². The topological polar surface area (TPSA) is 55.5 Å². The average molecular weight is 261 g/mol. The molecule has 3 N–H and O–H groups in total. The Bertz CT molecular complexity index is 599. The van der Waals surface area contributed by atoms with Crippen LogP contribution in [0.2, 0.25) is 0 Å². The number of benzene rings is 2. The summed E-state index contributed by atoms with van der Waals surface area (Å²) in [5, 5.41) is 10.3. The number of aryl methyl sites for hydroxylation is 1. The second kappa shape index (κ2) is 5.28. The SMILES string of the molecule is COc1cccc(C(O)c2ccc(F)c(C)c2)c1N. The quantitative estimate of drug-likeness (QED) is 0.835. The number of anilines is 1. The molecule has 2 rings (SSSR count). The molecular weight excluding hydrogens is 245 g/mol. The summed E-state index contributed by atoms with van der Waals surface area (Å²) in [6.07, 6.45) is -0.908. The first-order chi connectivity index (χ1) is 9.04. The fourth-order valence-corrected chi connectivity index (χ4v) is 1.99. The van der Waals surface area contributed by atoms with Gasteiger partial charge in [-0.25, -0.2) is 4.39 Å². The monoisotopic (exact) mass is 261 g/mol. The van der Waals surface area contributed by atoms with E-state index < -0.39 is 6.10 Å². The van der Waals surface area contributed by atoms with Crippen molar-refractivity contribution < 1.29 is 14.2 Å². The zero-order valence-corrected chi connectivity index (χ0v) is 10.9. The van der Waals surface area contributed by atoms with Gasteiger partial charge in [-0.05, 0) is 30.2 Å². The van der Waals surface area contributed by atoms with Crippen LogP contribution >= 0.6 is 0 Å². The van der Waals surface area contributed by atoms with Gasteiger partial charge in [-0.1, -0.05) is 24.3 Å². The summed E-state index contributed by atoms with van der Waals surface area (Å²) in [7, 11) is 1.52. The molecule has 19 heavy (non-hydrogen) atoms. The maximum Gasteiger partial charge on any atom is 0.142 e. The lowest BCUT2D eigenvalue weighted by Gasteiger charge is -2.16. The Balaban J connectivity index is 2.43. The van der Waals surface area contributed by atoms with Gasteiger partial charge in [0.05, 0.1) is 12.8 Å². The molecule has 1 atom stereocenters. The summed E-state index contributed by atoms with van der Waals surface area (Å²) in [6.45, 7) is 1.65. The third kappa shape index (κ3) is 2.53. The third-order valence-electron chi connectivity index (χ3n) is 3.11. The van der Waals surface area contributed by atoms with Crippen LogP contribution in [-0.2, 0) is 0 Å². The summed E-state index contributed by atoms with van der Waals surface area (Å²) >= 11 is 0. The number of halogens is 1. The van der Waals surface area contributed by atoms with Crippen LogP contribution < -0.4 is 10.5 Å². The smallest absolute Gasteiger partial charge is 0.142 e. The molecule has 0 radical (unpaired) electrons. The van der Waals surface area contributed by atoms with Crippen LogP contribution in [0.5, 0.6) is 5.75 Å². The number of hydrogen-bond donors (Lipinski definition) is 2. The highest BCUT2D eigenvalue weighted by molar-refractivity contribution is 5.60. The Labute approximate surface area is 111 Å². The Kier molecular flexibility index (Phi) is 3.71. The molecule has 2 aromatic carbocycles. The molecule has 0 aromatic heterocycles. The van der Waals surface area contributed by atoms with Crippen LogP contribution in [0.1, 0.15) is 22.8 Å². The van der Waals surface area contributed by atoms with Gasteiger partial charge in [-0.15, -0.1) is 0 Å². The van der Waals surface area contributed by atoms with E-state index in [1.807, 2.05) is 0 Å². The van der Waals surface area contributed by atoms with E-state index in [0.717, 1.165) is 0 Å². The molecule has 100 valence electrons. The molecule has 0 heterocycles. The van der Waals surface area contributed by atoms with Crippen molar-refractivity contribution in [2.75, 3.05) is 12.8 Å². The third-order valence-corrected chi connectivity index (χ3v) is 3.11. The number of aliphatic hydroxyl groups excluding tert-OH is 1. The molecule has 0 aliphatic heterocycles. The van der Waals surface area contributed by atoms with Crippen molar-refractivity contribution in [3.63, 3.8) is 0 Å². The molecule has 0 saturated carbocycles. The largest absolute Gasteiger partial charge is 0.495 e. The van der Waals surface area contributed by atoms with Crippen molar-refractivity contribution in [3.8, 4) is 5.75 Å². The zero-order chi connectivity index (χ0) is 14.0. The number of ether oxygens (including phenoxy) is 1. The molecule has 0 aliphatic rings. The van der Waals surface area contributed by atoms with Gasteiger partial charge in [-0.2, -0.15) is 0 Å². The number of methoxy groups -OCH3 is 1. The number of aliphatic hydroxyl groups is 1. The highest BCUT2D eigenvalue weighted by atomic mass is 19.1. The van der Waals surface area contributed by atoms with Crippen LogP contribution in [-0.4, -0.2) is 12.2 Å². The van der Waals surface area contributed by atoms with Crippen molar-refractivity contribution in [2.45, 2.75) is 13.0 Å². The van der Waals surface area contributed by atoms with Crippen molar-refractivity contribution in [1.82, 2.24) is 0 Å². The molecule has 1 unspecified atom stereocenters. The molecule has 0 spiro atoms. The van der Waals surface area contributed by atoms with E-state index in [4.69, 9.17) is 10.5 Å². The molecule has 0 fully saturated rings. The Morgan fingerprint density at radius 2 is 2.00 bits per heavy atom. The predicted molar refractivity (Wildman–Crippen MR) is 72.6 cm³/mol. The summed E-state index contributed by atoms with van der Waals surface area (Å²) in [6, 6.07) is 9.70. The van der Waals surface area contributed by atoms with Gasteiger partial charge in [-0.3, -0.25) is 0 Å². The number of nitrogen functional groups attached to an aromatic ring is 1. The Morgan fingerprint density at radius 3 is 2.63 bits per heavy atom. The number of para-hydroxylation sites is 1. The van der Waals surface area contributed by atoms with Gasteiger partial charge in [0, 0.05) is 5.56 Å². The van der Waals surface area contributed by atoms with E-state index in [1.165, 1.54) is 13.2 Å². The van der Waals surface area contributed by atoms with Gasteiger partial charge in [0.15, 0.2) is 0 Å². The first-order valence-corrected chi connectivity index (χ1v) is 5.91. The minimum atomic E-state index is -0.908. The van der Waals surface area contributed by atoms with E-state index >= 15 is 0 Å². The van der Waals surface area contributed by atoms with E-state index in [9.17, 15) is 9.50 Å². The standard InChI is InChI=1S/C15H16FNO2/c1-9-8-10(6-7-12(9)16)15(18)11-4-3-5-13(19-2)14(11)17/h3-8,15,18H,17H2,1-2H3. The second-order valence-electron chi connectivity index (χ2n) is 4.37. The maximum absolute atomic E-state index is 13.2. The van der Waals surface area contributed by atoms with Crippen LogP contribution in [0, 0.1) is 12.7 Å². The lowest BCUT2D eigenvalue weighted by molar-refractivity contribution is 0.220.